The van der Waals surface area contributed by atoms with Crippen LogP contribution in [0.2, 0.25) is 0 Å². The molecule has 0 radical (unpaired) electrons. The van der Waals surface area contributed by atoms with Crippen LogP contribution in [0.3, 0.4) is 0 Å². The van der Waals surface area contributed by atoms with Crippen LogP contribution in [-0.2, 0) is 22.7 Å². The summed E-state index contributed by atoms with van der Waals surface area (Å²) in [6.07, 6.45) is 3.98. The van der Waals surface area contributed by atoms with Crippen LogP contribution in [0.5, 0.6) is 0 Å². The molecule has 0 aliphatic carbocycles. The maximum Gasteiger partial charge on any atom is 0.249 e. The highest BCUT2D eigenvalue weighted by atomic mass is 16.7. The van der Waals surface area contributed by atoms with Gasteiger partial charge in [0.1, 0.15) is 5.60 Å². The van der Waals surface area contributed by atoms with Crippen molar-refractivity contribution in [1.29, 1.82) is 0 Å². The van der Waals surface area contributed by atoms with Crippen molar-refractivity contribution in [1.82, 2.24) is 19.9 Å². The van der Waals surface area contributed by atoms with Crippen molar-refractivity contribution in [3.05, 3.63) is 54.1 Å². The van der Waals surface area contributed by atoms with Crippen LogP contribution in [0.1, 0.15) is 17.7 Å². The quantitative estimate of drug-likeness (QED) is 0.925. The number of H-pyrrole nitrogens is 1. The highest BCUT2D eigenvalue weighted by Gasteiger charge is 2.53. The molecule has 2 saturated heterocycles. The first-order valence-corrected chi connectivity index (χ1v) is 7.46. The van der Waals surface area contributed by atoms with E-state index in [4.69, 9.17) is 4.84 Å². The Morgan fingerprint density at radius 1 is 1.23 bits per heavy atom. The molecule has 4 rings (SSSR count). The zero-order valence-electron chi connectivity index (χ0n) is 12.2. The van der Waals surface area contributed by atoms with E-state index in [2.05, 4.69) is 14.9 Å². The first-order valence-electron chi connectivity index (χ1n) is 7.46. The lowest BCUT2D eigenvalue weighted by molar-refractivity contribution is -0.241. The van der Waals surface area contributed by atoms with Crippen LogP contribution in [0.25, 0.3) is 0 Å². The van der Waals surface area contributed by atoms with Crippen molar-refractivity contribution in [3.63, 3.8) is 0 Å². The van der Waals surface area contributed by atoms with Gasteiger partial charge in [0.2, 0.25) is 5.91 Å². The van der Waals surface area contributed by atoms with Gasteiger partial charge in [0.05, 0.1) is 19.3 Å². The van der Waals surface area contributed by atoms with Crippen LogP contribution in [-0.4, -0.2) is 44.5 Å². The number of hydrogen-bond donors (Lipinski definition) is 1. The molecule has 2 aromatic rings. The number of rotatable bonds is 4. The molecule has 2 fully saturated rings. The van der Waals surface area contributed by atoms with E-state index in [0.717, 1.165) is 30.9 Å². The second-order valence-corrected chi connectivity index (χ2v) is 6.09. The van der Waals surface area contributed by atoms with Crippen molar-refractivity contribution in [3.8, 4) is 0 Å². The maximum atomic E-state index is 12.2. The zero-order valence-corrected chi connectivity index (χ0v) is 12.2. The molecule has 22 heavy (non-hydrogen) atoms. The minimum Gasteiger partial charge on any atom is -0.347 e. The number of aromatic amines is 1. The van der Waals surface area contributed by atoms with Crippen molar-refractivity contribution in [2.24, 2.45) is 0 Å². The topological polar surface area (TPSA) is 61.5 Å². The zero-order chi connectivity index (χ0) is 15.0. The van der Waals surface area contributed by atoms with E-state index >= 15 is 0 Å². The highest BCUT2D eigenvalue weighted by Crippen LogP contribution is 2.36. The number of hydroxylamine groups is 2. The molecule has 6 heteroatoms. The second-order valence-electron chi connectivity index (χ2n) is 6.09. The average Bonchev–Trinajstić information content (AvgIpc) is 3.09. The molecule has 1 N–H and O–H groups in total. The predicted molar refractivity (Wildman–Crippen MR) is 79.3 cm³/mol. The lowest BCUT2D eigenvalue weighted by atomic mass is 9.91. The number of carbonyl (C=O) groups excluding carboxylic acids is 1. The molecule has 0 atom stereocenters. The number of amides is 1. The van der Waals surface area contributed by atoms with Crippen LogP contribution in [0, 0.1) is 0 Å². The predicted octanol–water partition coefficient (Wildman–Crippen LogP) is 1.33. The minimum atomic E-state index is -0.327. The summed E-state index contributed by atoms with van der Waals surface area (Å²) in [4.78, 5) is 27.5. The summed E-state index contributed by atoms with van der Waals surface area (Å²) in [5.41, 5.74) is 1.84. The standard InChI is InChI=1S/C16H18N4O2/c21-15-6-16(10-19(11-16)9-14-7-17-12-18-14)22-20(15)8-13-4-2-1-3-5-13/h1-5,7,12H,6,8-11H2,(H,17,18). The lowest BCUT2D eigenvalue weighted by Crippen LogP contribution is -2.61. The minimum absolute atomic E-state index is 0.0741. The molecule has 114 valence electrons. The molecule has 0 saturated carbocycles. The summed E-state index contributed by atoms with van der Waals surface area (Å²) < 4.78 is 0. The van der Waals surface area contributed by atoms with Gasteiger partial charge in [0.15, 0.2) is 0 Å². The van der Waals surface area contributed by atoms with Gasteiger partial charge in [-0.05, 0) is 5.56 Å². The normalized spacial score (nSPS) is 20.5. The van der Waals surface area contributed by atoms with Crippen LogP contribution in [0.15, 0.2) is 42.9 Å². The highest BCUT2D eigenvalue weighted by molar-refractivity contribution is 5.78. The van der Waals surface area contributed by atoms with E-state index in [1.807, 2.05) is 36.5 Å². The van der Waals surface area contributed by atoms with E-state index in [1.165, 1.54) is 5.06 Å². The number of nitrogens with one attached hydrogen (secondary N) is 1. The first kappa shape index (κ1) is 13.5. The monoisotopic (exact) mass is 298 g/mol. The Morgan fingerprint density at radius 2 is 2.05 bits per heavy atom. The number of aromatic nitrogens is 2. The summed E-state index contributed by atoms with van der Waals surface area (Å²) in [5.74, 6) is 0.0741. The SMILES string of the molecule is O=C1CC2(CN(Cc3cnc[nH]3)C2)ON1Cc1ccccc1. The Balaban J connectivity index is 1.35. The van der Waals surface area contributed by atoms with Crippen molar-refractivity contribution >= 4 is 5.91 Å². The average molecular weight is 298 g/mol. The first-order chi connectivity index (χ1) is 10.7. The van der Waals surface area contributed by atoms with Gasteiger partial charge < -0.3 is 4.98 Å². The molecule has 3 heterocycles. The number of nitrogens with zero attached hydrogens (tertiary/aromatic N) is 3. The Hall–Kier alpha value is -2.18. The van der Waals surface area contributed by atoms with Crippen LogP contribution >= 0.6 is 0 Å². The molecule has 0 bridgehead atoms. The van der Waals surface area contributed by atoms with E-state index in [-0.39, 0.29) is 11.5 Å². The smallest absolute Gasteiger partial charge is 0.249 e. The van der Waals surface area contributed by atoms with Gasteiger partial charge in [-0.1, -0.05) is 30.3 Å². The largest absolute Gasteiger partial charge is 0.347 e. The lowest BCUT2D eigenvalue weighted by Gasteiger charge is -2.45. The Labute approximate surface area is 128 Å². The fraction of sp³-hybridized carbons (Fsp3) is 0.375. The molecule has 1 spiro atoms. The molecular weight excluding hydrogens is 280 g/mol. The third-order valence-corrected chi connectivity index (χ3v) is 4.20. The summed E-state index contributed by atoms with van der Waals surface area (Å²) >= 11 is 0. The van der Waals surface area contributed by atoms with Gasteiger partial charge in [0.25, 0.3) is 0 Å². The maximum absolute atomic E-state index is 12.2. The summed E-state index contributed by atoms with van der Waals surface area (Å²) in [6, 6.07) is 9.93. The third kappa shape index (κ3) is 2.51. The molecule has 1 amide bonds. The molecular formula is C16H18N4O2. The van der Waals surface area contributed by atoms with E-state index in [9.17, 15) is 4.79 Å². The molecule has 6 nitrogen and oxygen atoms in total. The van der Waals surface area contributed by atoms with E-state index in [1.54, 1.807) is 6.33 Å². The van der Waals surface area contributed by atoms with Crippen molar-refractivity contribution < 1.29 is 9.63 Å². The molecule has 2 aliphatic rings. The van der Waals surface area contributed by atoms with Gasteiger partial charge in [-0.3, -0.25) is 14.5 Å². The van der Waals surface area contributed by atoms with Gasteiger partial charge in [-0.25, -0.2) is 10.0 Å². The molecule has 1 aromatic carbocycles. The summed E-state index contributed by atoms with van der Waals surface area (Å²) in [6.45, 7) is 2.89. The Bertz CT molecular complexity index is 650. The van der Waals surface area contributed by atoms with Crippen LogP contribution in [0.4, 0.5) is 0 Å². The van der Waals surface area contributed by atoms with Gasteiger partial charge in [0, 0.05) is 31.5 Å². The molecule has 1 aromatic heterocycles. The Morgan fingerprint density at radius 3 is 2.77 bits per heavy atom. The Kier molecular flexibility index (Phi) is 3.20. The van der Waals surface area contributed by atoms with Crippen LogP contribution < -0.4 is 0 Å². The number of imidazole rings is 1. The summed E-state index contributed by atoms with van der Waals surface area (Å²) in [5, 5.41) is 1.52. The van der Waals surface area contributed by atoms with Crippen molar-refractivity contribution in [2.45, 2.75) is 25.1 Å². The fourth-order valence-electron chi connectivity index (χ4n) is 3.21. The molecule has 0 unspecified atom stereocenters. The van der Waals surface area contributed by atoms with Gasteiger partial charge in [-0.2, -0.15) is 0 Å². The third-order valence-electron chi connectivity index (χ3n) is 4.20. The number of benzene rings is 1. The van der Waals surface area contributed by atoms with Crippen molar-refractivity contribution in [2.75, 3.05) is 13.1 Å². The number of carbonyl (C=O) groups is 1. The second kappa shape index (κ2) is 5.23. The number of likely N-dealkylation sites (tertiary alicyclic amines) is 1. The van der Waals surface area contributed by atoms with Gasteiger partial charge >= 0.3 is 0 Å². The van der Waals surface area contributed by atoms with E-state index in [0.29, 0.717) is 13.0 Å². The molecule has 2 aliphatic heterocycles. The summed E-state index contributed by atoms with van der Waals surface area (Å²) in [7, 11) is 0. The van der Waals surface area contributed by atoms with Gasteiger partial charge in [-0.15, -0.1) is 0 Å². The number of hydrogen-bond acceptors (Lipinski definition) is 4. The fourth-order valence-corrected chi connectivity index (χ4v) is 3.21. The van der Waals surface area contributed by atoms with E-state index < -0.39 is 0 Å².